The van der Waals surface area contributed by atoms with Crippen molar-refractivity contribution < 1.29 is 42.2 Å². The summed E-state index contributed by atoms with van der Waals surface area (Å²) in [6.07, 6.45) is -1.72. The molecule has 4 atom stereocenters. The fourth-order valence-corrected chi connectivity index (χ4v) is 7.31. The molecule has 2 aromatic rings. The number of imide groups is 1. The van der Waals surface area contributed by atoms with E-state index in [9.17, 15) is 37.5 Å². The van der Waals surface area contributed by atoms with Crippen molar-refractivity contribution in [1.29, 1.82) is 0 Å². The summed E-state index contributed by atoms with van der Waals surface area (Å²) in [4.78, 5) is 58.4. The molecule has 1 fully saturated rings. The minimum absolute atomic E-state index is 0.0172. The van der Waals surface area contributed by atoms with Gasteiger partial charge in [-0.25, -0.2) is 4.98 Å². The lowest BCUT2D eigenvalue weighted by molar-refractivity contribution is -0.141. The van der Waals surface area contributed by atoms with Crippen LogP contribution < -0.4 is 9.75 Å². The summed E-state index contributed by atoms with van der Waals surface area (Å²) in [6, 6.07) is 4.63. The molecule has 3 aliphatic carbocycles. The number of anilines is 1. The Morgan fingerprint density at radius 3 is 2.44 bits per heavy atom. The van der Waals surface area contributed by atoms with Crippen molar-refractivity contribution in [2.24, 2.45) is 17.8 Å². The maximum absolute atomic E-state index is 14.1. The molecule has 0 spiro atoms. The fraction of sp³-hybridized carbons (Fsp3) is 0.323. The number of carbonyl (C=O) groups excluding carboxylic acids is 4. The number of methoxy groups -OCH3 is 1. The minimum atomic E-state index is -4.80. The molecular weight excluding hydrogens is 638 g/mol. The molecule has 6 rings (SSSR count). The number of carbonyl (C=O) groups is 4. The second-order valence-corrected chi connectivity index (χ2v) is 12.1. The summed E-state index contributed by atoms with van der Waals surface area (Å²) >= 11 is 12.5. The van der Waals surface area contributed by atoms with Crippen molar-refractivity contribution in [3.05, 3.63) is 80.0 Å². The number of Topliss-reactive ketones (excluding diaryl/α,β-unsaturated/α-hetero) is 1. The zero-order valence-electron chi connectivity index (χ0n) is 23.9. The van der Waals surface area contributed by atoms with Gasteiger partial charge in [0.2, 0.25) is 0 Å². The number of alkyl halides is 3. The third-order valence-corrected chi connectivity index (χ3v) is 9.45. The van der Waals surface area contributed by atoms with Crippen LogP contribution in [0.4, 0.5) is 19.0 Å². The lowest BCUT2D eigenvalue weighted by Gasteiger charge is -2.42. The van der Waals surface area contributed by atoms with E-state index in [1.54, 1.807) is 6.08 Å². The number of rotatable bonds is 4. The largest absolute Gasteiger partial charge is 0.503 e. The van der Waals surface area contributed by atoms with Gasteiger partial charge in [-0.15, -0.1) is 0 Å². The molecule has 1 saturated heterocycles. The standard InChI is InChI=1S/C31H24Cl2F3N3O6/c1-12-8-20(40)25-17(26(12)41)11-16-14(23(25)13-9-19(33)27(42)21(10-13)45-3)4-5-15-24(16)30(44)39(29(15)43)38(2)28-18(32)6-7-22(37-28)31(34,35)36/h4,6-10,15-16,23-24,42H,5,11H2,1-3H3/t15-,16+,23-,24-/m0/s1. The molecule has 0 radical (unpaired) electrons. The number of pyridine rings is 1. The number of aromatic nitrogens is 1. The zero-order valence-corrected chi connectivity index (χ0v) is 25.4. The van der Waals surface area contributed by atoms with Crippen LogP contribution in [-0.4, -0.2) is 52.6 Å². The van der Waals surface area contributed by atoms with Gasteiger partial charge in [-0.2, -0.15) is 18.2 Å². The zero-order chi connectivity index (χ0) is 32.7. The van der Waals surface area contributed by atoms with E-state index in [1.807, 2.05) is 0 Å². The van der Waals surface area contributed by atoms with Gasteiger partial charge in [0.05, 0.1) is 29.0 Å². The monoisotopic (exact) mass is 661 g/mol. The van der Waals surface area contributed by atoms with Crippen molar-refractivity contribution >= 4 is 52.4 Å². The summed E-state index contributed by atoms with van der Waals surface area (Å²) in [7, 11) is 2.55. The predicted molar refractivity (Wildman–Crippen MR) is 155 cm³/mol. The molecule has 14 heteroatoms. The van der Waals surface area contributed by atoms with Gasteiger partial charge in [0.1, 0.15) is 5.69 Å². The van der Waals surface area contributed by atoms with E-state index in [0.717, 1.165) is 16.1 Å². The third kappa shape index (κ3) is 4.73. The van der Waals surface area contributed by atoms with Crippen LogP contribution in [0.3, 0.4) is 0 Å². The van der Waals surface area contributed by atoms with E-state index in [2.05, 4.69) is 4.98 Å². The van der Waals surface area contributed by atoms with Crippen LogP contribution in [-0.2, 0) is 25.4 Å². The number of hydrogen-bond acceptors (Lipinski definition) is 8. The van der Waals surface area contributed by atoms with Gasteiger partial charge in [0.25, 0.3) is 11.8 Å². The van der Waals surface area contributed by atoms with Crippen LogP contribution in [0.25, 0.3) is 0 Å². The van der Waals surface area contributed by atoms with Gasteiger partial charge in [0, 0.05) is 29.7 Å². The lowest BCUT2D eigenvalue weighted by atomic mass is 9.59. The first-order valence-electron chi connectivity index (χ1n) is 13.8. The average molecular weight is 662 g/mol. The topological polar surface area (TPSA) is 117 Å². The number of benzene rings is 1. The van der Waals surface area contributed by atoms with Crippen molar-refractivity contribution in [2.45, 2.75) is 31.9 Å². The molecule has 1 aromatic heterocycles. The van der Waals surface area contributed by atoms with E-state index in [-0.39, 0.29) is 56.9 Å². The van der Waals surface area contributed by atoms with Crippen molar-refractivity contribution in [1.82, 2.24) is 9.99 Å². The van der Waals surface area contributed by atoms with Crippen molar-refractivity contribution in [3.8, 4) is 11.5 Å². The van der Waals surface area contributed by atoms with E-state index in [0.29, 0.717) is 17.2 Å². The molecule has 0 unspecified atom stereocenters. The van der Waals surface area contributed by atoms with Crippen LogP contribution in [0.5, 0.6) is 11.5 Å². The summed E-state index contributed by atoms with van der Waals surface area (Å²) < 4.78 is 45.6. The lowest BCUT2D eigenvalue weighted by Crippen LogP contribution is -2.46. The Balaban J connectivity index is 1.45. The first kappa shape index (κ1) is 30.8. The second kappa shape index (κ2) is 10.7. The molecule has 234 valence electrons. The molecule has 0 saturated carbocycles. The van der Waals surface area contributed by atoms with E-state index in [4.69, 9.17) is 27.9 Å². The number of halogens is 5. The second-order valence-electron chi connectivity index (χ2n) is 11.3. The van der Waals surface area contributed by atoms with Crippen molar-refractivity contribution in [3.63, 3.8) is 0 Å². The molecule has 0 bridgehead atoms. The van der Waals surface area contributed by atoms with Crippen LogP contribution in [0.1, 0.15) is 36.9 Å². The molecule has 9 nitrogen and oxygen atoms in total. The number of aromatic hydroxyl groups is 1. The number of ether oxygens (including phenoxy) is 1. The summed E-state index contributed by atoms with van der Waals surface area (Å²) in [6.45, 7) is 1.52. The normalized spacial score (nSPS) is 24.7. The first-order valence-corrected chi connectivity index (χ1v) is 14.5. The first-order chi connectivity index (χ1) is 21.1. The summed E-state index contributed by atoms with van der Waals surface area (Å²) in [5, 5.41) is 11.8. The smallest absolute Gasteiger partial charge is 0.433 e. The van der Waals surface area contributed by atoms with E-state index in [1.165, 1.54) is 39.3 Å². The number of allylic oxidation sites excluding steroid dienone is 6. The predicted octanol–water partition coefficient (Wildman–Crippen LogP) is 5.60. The number of fused-ring (bicyclic) bond motifs is 3. The van der Waals surface area contributed by atoms with Gasteiger partial charge in [-0.3, -0.25) is 24.2 Å². The van der Waals surface area contributed by atoms with Crippen LogP contribution in [0.15, 0.2) is 58.7 Å². The Morgan fingerprint density at radius 2 is 1.78 bits per heavy atom. The SMILES string of the molecule is COc1cc([C@H]2C3=CC[C@@H]4C(=O)N(N(C)c5nc(C(F)(F)F)ccc5Cl)C(=O)[C@@H]4[C@@H]3CC3=C2C(=O)C=C(C)C3=O)cc(Cl)c1O. The number of hydrazine groups is 1. The summed E-state index contributed by atoms with van der Waals surface area (Å²) in [5.74, 6) is -6.36. The molecule has 1 N–H and O–H groups in total. The highest BCUT2D eigenvalue weighted by Gasteiger charge is 2.57. The number of amides is 2. The van der Waals surface area contributed by atoms with Crippen LogP contribution in [0.2, 0.25) is 10.0 Å². The molecule has 2 heterocycles. The Bertz CT molecular complexity index is 1820. The molecule has 2 amide bonds. The molecule has 4 aliphatic rings. The highest BCUT2D eigenvalue weighted by atomic mass is 35.5. The Morgan fingerprint density at radius 1 is 1.07 bits per heavy atom. The van der Waals surface area contributed by atoms with Crippen molar-refractivity contribution in [2.75, 3.05) is 19.2 Å². The molecule has 45 heavy (non-hydrogen) atoms. The van der Waals surface area contributed by atoms with Crippen LogP contribution >= 0.6 is 23.2 Å². The summed E-state index contributed by atoms with van der Waals surface area (Å²) in [5.41, 5.74) is 0.409. The van der Waals surface area contributed by atoms with Gasteiger partial charge in [0.15, 0.2) is 28.9 Å². The van der Waals surface area contributed by atoms with Gasteiger partial charge >= 0.3 is 6.18 Å². The van der Waals surface area contributed by atoms with Gasteiger partial charge in [-0.05, 0) is 61.6 Å². The quantitative estimate of drug-likeness (QED) is 0.256. The Kier molecular flexibility index (Phi) is 7.36. The number of phenolic OH excluding ortho intramolecular Hbond substituents is 1. The number of phenols is 1. The van der Waals surface area contributed by atoms with Crippen LogP contribution in [0, 0.1) is 17.8 Å². The molecule has 1 aliphatic heterocycles. The minimum Gasteiger partial charge on any atom is -0.503 e. The van der Waals surface area contributed by atoms with E-state index >= 15 is 0 Å². The highest BCUT2D eigenvalue weighted by Crippen LogP contribution is 2.56. The highest BCUT2D eigenvalue weighted by molar-refractivity contribution is 6.33. The third-order valence-electron chi connectivity index (χ3n) is 8.87. The number of ketones is 2. The number of hydrogen-bond donors (Lipinski definition) is 1. The number of nitrogens with zero attached hydrogens (tertiary/aromatic N) is 3. The average Bonchev–Trinajstić information content (AvgIpc) is 3.24. The maximum Gasteiger partial charge on any atom is 0.433 e. The maximum atomic E-state index is 14.1. The molecule has 1 aromatic carbocycles. The van der Waals surface area contributed by atoms with Gasteiger partial charge in [-0.1, -0.05) is 34.9 Å². The Hall–Kier alpha value is -4.16. The van der Waals surface area contributed by atoms with E-state index < -0.39 is 59.0 Å². The Labute approximate surface area is 264 Å². The molecular formula is C31H24Cl2F3N3O6. The van der Waals surface area contributed by atoms with Gasteiger partial charge < -0.3 is 9.84 Å². The fourth-order valence-electron chi connectivity index (χ4n) is 6.87.